The molecule has 1 N–H and O–H groups in total. The predicted octanol–water partition coefficient (Wildman–Crippen LogP) is 1.53. The Bertz CT molecular complexity index is 233. The Labute approximate surface area is 80.0 Å². The average molecular weight is 176 g/mol. The molecule has 0 aromatic heterocycles. The molecule has 2 radical (unpaired) electrons. The Kier molecular flexibility index (Phi) is 4.40. The molecule has 0 amide bonds. The van der Waals surface area contributed by atoms with Crippen LogP contribution in [0.15, 0.2) is 24.3 Å². The van der Waals surface area contributed by atoms with Crippen LogP contribution in [0.3, 0.4) is 0 Å². The minimum atomic E-state index is 0.0725. The van der Waals surface area contributed by atoms with Gasteiger partial charge in [-0.15, -0.1) is 0 Å². The summed E-state index contributed by atoms with van der Waals surface area (Å²) in [7, 11) is 5.33. The fourth-order valence-electron chi connectivity index (χ4n) is 0.964. The third-order valence-electron chi connectivity index (χ3n) is 1.72. The van der Waals surface area contributed by atoms with E-state index in [0.29, 0.717) is 12.9 Å². The van der Waals surface area contributed by atoms with E-state index in [9.17, 15) is 0 Å². The first-order valence-corrected chi connectivity index (χ1v) is 4.39. The van der Waals surface area contributed by atoms with Crippen LogP contribution in [0.2, 0.25) is 6.32 Å². The molecule has 0 bridgehead atoms. The van der Waals surface area contributed by atoms with Crippen molar-refractivity contribution in [3.8, 4) is 5.75 Å². The molecule has 0 heterocycles. The number of aliphatic hydroxyl groups excluding tert-OH is 1. The van der Waals surface area contributed by atoms with Gasteiger partial charge in [-0.1, -0.05) is 18.5 Å². The molecule has 68 valence electrons. The molecule has 1 aromatic rings. The number of benzene rings is 1. The molecular weight excluding hydrogens is 163 g/mol. The lowest BCUT2D eigenvalue weighted by atomic mass is 10.0. The van der Waals surface area contributed by atoms with Gasteiger partial charge in [0.05, 0.1) is 21.1 Å². The van der Waals surface area contributed by atoms with Gasteiger partial charge in [-0.2, -0.15) is 0 Å². The van der Waals surface area contributed by atoms with Crippen LogP contribution in [0.1, 0.15) is 12.0 Å². The molecule has 2 nitrogen and oxygen atoms in total. The van der Waals surface area contributed by atoms with Gasteiger partial charge in [0.15, 0.2) is 0 Å². The highest BCUT2D eigenvalue weighted by molar-refractivity contribution is 6.08. The first-order valence-electron chi connectivity index (χ1n) is 4.39. The first kappa shape index (κ1) is 10.1. The lowest BCUT2D eigenvalue weighted by Gasteiger charge is -2.05. The quantitative estimate of drug-likeness (QED) is 0.544. The van der Waals surface area contributed by atoms with Gasteiger partial charge in [-0.25, -0.2) is 0 Å². The van der Waals surface area contributed by atoms with Gasteiger partial charge >= 0.3 is 0 Å². The summed E-state index contributed by atoms with van der Waals surface area (Å²) in [5.74, 6) is 0.825. The van der Waals surface area contributed by atoms with Crippen molar-refractivity contribution in [2.45, 2.75) is 19.3 Å². The zero-order chi connectivity index (χ0) is 9.52. The monoisotopic (exact) mass is 176 g/mol. The smallest absolute Gasteiger partial charge is 0.119 e. The molecule has 0 unspecified atom stereocenters. The molecule has 0 fully saturated rings. The SMILES string of the molecule is [B]CCCOc1ccc(CO)cc1. The Balaban J connectivity index is 2.40. The first-order chi connectivity index (χ1) is 6.36. The van der Waals surface area contributed by atoms with Gasteiger partial charge in [-0.3, -0.25) is 0 Å². The fraction of sp³-hybridized carbons (Fsp3) is 0.400. The molecular formula is C10H13BO2. The Morgan fingerprint density at radius 1 is 1.23 bits per heavy atom. The molecule has 1 aromatic carbocycles. The van der Waals surface area contributed by atoms with Crippen molar-refractivity contribution < 1.29 is 9.84 Å². The van der Waals surface area contributed by atoms with Gasteiger partial charge in [0.25, 0.3) is 0 Å². The van der Waals surface area contributed by atoms with Crippen molar-refractivity contribution in [1.29, 1.82) is 0 Å². The van der Waals surface area contributed by atoms with Gasteiger partial charge in [-0.05, 0) is 24.1 Å². The number of hydrogen-bond donors (Lipinski definition) is 1. The van der Waals surface area contributed by atoms with E-state index in [2.05, 4.69) is 0 Å². The largest absolute Gasteiger partial charge is 0.494 e. The Hall–Kier alpha value is -0.955. The van der Waals surface area contributed by atoms with Crippen molar-refractivity contribution in [2.75, 3.05) is 6.61 Å². The molecule has 0 aliphatic heterocycles. The predicted molar refractivity (Wildman–Crippen MR) is 53.0 cm³/mol. The number of ether oxygens (including phenoxy) is 1. The van der Waals surface area contributed by atoms with Gasteiger partial charge < -0.3 is 9.84 Å². The highest BCUT2D eigenvalue weighted by Crippen LogP contribution is 2.12. The lowest BCUT2D eigenvalue weighted by molar-refractivity contribution is 0.281. The molecule has 1 rings (SSSR count). The molecule has 0 saturated heterocycles. The van der Waals surface area contributed by atoms with E-state index in [4.69, 9.17) is 17.7 Å². The normalized spacial score (nSPS) is 9.92. The van der Waals surface area contributed by atoms with Crippen LogP contribution < -0.4 is 4.74 Å². The highest BCUT2D eigenvalue weighted by Gasteiger charge is 1.93. The molecule has 0 saturated carbocycles. The van der Waals surface area contributed by atoms with E-state index in [-0.39, 0.29) is 6.61 Å². The van der Waals surface area contributed by atoms with Crippen molar-refractivity contribution in [3.05, 3.63) is 29.8 Å². The van der Waals surface area contributed by atoms with Gasteiger partial charge in [0, 0.05) is 0 Å². The van der Waals surface area contributed by atoms with Crippen LogP contribution in [-0.4, -0.2) is 19.6 Å². The zero-order valence-corrected chi connectivity index (χ0v) is 7.57. The van der Waals surface area contributed by atoms with E-state index < -0.39 is 0 Å². The molecule has 0 aliphatic rings. The van der Waals surface area contributed by atoms with Crippen molar-refractivity contribution >= 4 is 7.85 Å². The number of aliphatic hydroxyl groups is 1. The molecule has 13 heavy (non-hydrogen) atoms. The van der Waals surface area contributed by atoms with Gasteiger partial charge in [0.1, 0.15) is 5.75 Å². The van der Waals surface area contributed by atoms with Crippen LogP contribution in [0.25, 0.3) is 0 Å². The number of rotatable bonds is 5. The van der Waals surface area contributed by atoms with Crippen LogP contribution in [-0.2, 0) is 6.61 Å². The van der Waals surface area contributed by atoms with Crippen molar-refractivity contribution in [3.63, 3.8) is 0 Å². The lowest BCUT2D eigenvalue weighted by Crippen LogP contribution is -1.96. The summed E-state index contributed by atoms with van der Waals surface area (Å²) in [5.41, 5.74) is 0.895. The Morgan fingerprint density at radius 2 is 1.92 bits per heavy atom. The van der Waals surface area contributed by atoms with E-state index in [1.807, 2.05) is 24.3 Å². The zero-order valence-electron chi connectivity index (χ0n) is 7.57. The van der Waals surface area contributed by atoms with E-state index in [1.54, 1.807) is 0 Å². The van der Waals surface area contributed by atoms with Crippen molar-refractivity contribution in [2.24, 2.45) is 0 Å². The van der Waals surface area contributed by atoms with E-state index in [0.717, 1.165) is 17.7 Å². The second kappa shape index (κ2) is 5.65. The summed E-state index contributed by atoms with van der Waals surface area (Å²) in [6, 6.07) is 7.39. The summed E-state index contributed by atoms with van der Waals surface area (Å²) >= 11 is 0. The third kappa shape index (κ3) is 3.51. The topological polar surface area (TPSA) is 29.5 Å². The molecule has 0 aliphatic carbocycles. The third-order valence-corrected chi connectivity index (χ3v) is 1.72. The maximum absolute atomic E-state index is 8.79. The molecule has 0 spiro atoms. The van der Waals surface area contributed by atoms with Crippen LogP contribution in [0, 0.1) is 0 Å². The number of hydrogen-bond acceptors (Lipinski definition) is 2. The molecule has 3 heteroatoms. The highest BCUT2D eigenvalue weighted by atomic mass is 16.5. The fourth-order valence-corrected chi connectivity index (χ4v) is 0.964. The van der Waals surface area contributed by atoms with Gasteiger partial charge in [0.2, 0.25) is 0 Å². The van der Waals surface area contributed by atoms with Crippen molar-refractivity contribution in [1.82, 2.24) is 0 Å². The second-order valence-electron chi connectivity index (χ2n) is 2.79. The second-order valence-corrected chi connectivity index (χ2v) is 2.79. The average Bonchev–Trinajstić information content (AvgIpc) is 2.19. The van der Waals surface area contributed by atoms with E-state index in [1.165, 1.54) is 0 Å². The summed E-state index contributed by atoms with van der Waals surface area (Å²) in [6.45, 7) is 0.720. The summed E-state index contributed by atoms with van der Waals surface area (Å²) in [5, 5.41) is 8.79. The minimum absolute atomic E-state index is 0.0725. The maximum atomic E-state index is 8.79. The molecule has 0 atom stereocenters. The maximum Gasteiger partial charge on any atom is 0.119 e. The Morgan fingerprint density at radius 3 is 2.46 bits per heavy atom. The van der Waals surface area contributed by atoms with E-state index >= 15 is 0 Å². The van der Waals surface area contributed by atoms with Crippen LogP contribution in [0.5, 0.6) is 5.75 Å². The summed E-state index contributed by atoms with van der Waals surface area (Å²) in [6.07, 6.45) is 1.51. The summed E-state index contributed by atoms with van der Waals surface area (Å²) < 4.78 is 5.38. The van der Waals surface area contributed by atoms with Crippen LogP contribution >= 0.6 is 0 Å². The minimum Gasteiger partial charge on any atom is -0.494 e. The van der Waals surface area contributed by atoms with Crippen LogP contribution in [0.4, 0.5) is 0 Å². The standard InChI is InChI=1S/C10H13BO2/c11-6-1-7-13-10-4-2-9(8-12)3-5-10/h2-5,12H,1,6-8H2. The summed E-state index contributed by atoms with van der Waals surface area (Å²) in [4.78, 5) is 0.